The average molecular weight is 314 g/mol. The van der Waals surface area contributed by atoms with Crippen LogP contribution in [-0.2, 0) is 10.0 Å². The highest BCUT2D eigenvalue weighted by atomic mass is 32.2. The van der Waals surface area contributed by atoms with Crippen molar-refractivity contribution in [3.05, 3.63) is 48.0 Å². The predicted octanol–water partition coefficient (Wildman–Crippen LogP) is 2.97. The van der Waals surface area contributed by atoms with Gasteiger partial charge in [-0.25, -0.2) is 17.4 Å². The monoisotopic (exact) mass is 314 g/mol. The van der Waals surface area contributed by atoms with Crippen LogP contribution in [0.1, 0.15) is 36.9 Å². The van der Waals surface area contributed by atoms with Crippen LogP contribution in [0.25, 0.3) is 0 Å². The minimum Gasteiger partial charge on any atom is -0.229 e. The summed E-state index contributed by atoms with van der Waals surface area (Å²) in [7, 11) is -3.59. The van der Waals surface area contributed by atoms with Crippen LogP contribution in [0.15, 0.2) is 41.7 Å². The van der Waals surface area contributed by atoms with E-state index >= 15 is 0 Å². The summed E-state index contributed by atoms with van der Waals surface area (Å²) in [5.74, 6) is 6.61. The molecule has 1 aromatic carbocycles. The quantitative estimate of drug-likeness (QED) is 0.801. The molecule has 114 valence electrons. The maximum absolute atomic E-state index is 12.5. The van der Waals surface area contributed by atoms with Crippen molar-refractivity contribution in [3.63, 3.8) is 0 Å². The molecule has 1 saturated carbocycles. The van der Waals surface area contributed by atoms with E-state index in [0.29, 0.717) is 11.6 Å². The normalized spacial score (nSPS) is 15.5. The van der Waals surface area contributed by atoms with Gasteiger partial charge in [-0.2, -0.15) is 0 Å². The fourth-order valence-corrected chi connectivity index (χ4v) is 3.71. The lowest BCUT2D eigenvalue weighted by atomic mass is 10.1. The van der Waals surface area contributed by atoms with Gasteiger partial charge in [-0.3, -0.25) is 0 Å². The average Bonchev–Trinajstić information content (AvgIpc) is 3.17. The van der Waals surface area contributed by atoms with Crippen LogP contribution < -0.4 is 0 Å². The van der Waals surface area contributed by atoms with Crippen molar-refractivity contribution in [1.29, 1.82) is 0 Å². The number of aryl methyl sites for hydroxylation is 1. The summed E-state index contributed by atoms with van der Waals surface area (Å²) in [5.41, 5.74) is 1.52. The Hall–Kier alpha value is -2.06. The largest absolute Gasteiger partial charge is 0.268 e. The number of nitrogens with zero attached hydrogens (tertiary/aromatic N) is 2. The molecule has 0 spiro atoms. The van der Waals surface area contributed by atoms with E-state index in [1.54, 1.807) is 24.3 Å². The molecule has 1 fully saturated rings. The summed E-state index contributed by atoms with van der Waals surface area (Å²) in [6, 6.07) is 6.78. The minimum atomic E-state index is -3.59. The van der Waals surface area contributed by atoms with E-state index in [2.05, 4.69) is 16.8 Å². The molecule has 1 aromatic heterocycles. The number of hydrogen-bond acceptors (Lipinski definition) is 3. The van der Waals surface area contributed by atoms with Crippen LogP contribution in [0.4, 0.5) is 0 Å². The Morgan fingerprint density at radius 3 is 2.55 bits per heavy atom. The van der Waals surface area contributed by atoms with E-state index in [4.69, 9.17) is 0 Å². The van der Waals surface area contributed by atoms with E-state index < -0.39 is 10.0 Å². The molecule has 0 unspecified atom stereocenters. The van der Waals surface area contributed by atoms with Crippen LogP contribution in [0.5, 0.6) is 0 Å². The second kappa shape index (κ2) is 5.98. The lowest BCUT2D eigenvalue weighted by Gasteiger charge is -2.04. The van der Waals surface area contributed by atoms with Crippen molar-refractivity contribution in [1.82, 2.24) is 8.96 Å². The zero-order valence-corrected chi connectivity index (χ0v) is 13.3. The molecule has 1 aliphatic carbocycles. The standard InChI is InChI=1S/C17H18N2O2S/c1-14-6-10-17(11-7-14)22(20,21)19-12-16(18-13-19)9-8-15-4-2-3-5-15/h6-7,10-13,15H,2-5H2,1H3. The number of imidazole rings is 1. The van der Waals surface area contributed by atoms with Gasteiger partial charge in [-0.05, 0) is 37.8 Å². The minimum absolute atomic E-state index is 0.255. The molecule has 1 aliphatic rings. The molecular weight excluding hydrogens is 296 g/mol. The third-order valence-electron chi connectivity index (χ3n) is 3.92. The highest BCUT2D eigenvalue weighted by molar-refractivity contribution is 7.90. The SMILES string of the molecule is Cc1ccc(S(=O)(=O)n2cnc(C#CC3CCCC3)c2)cc1. The molecule has 4 nitrogen and oxygen atoms in total. The van der Waals surface area contributed by atoms with Crippen LogP contribution in [0.3, 0.4) is 0 Å². The van der Waals surface area contributed by atoms with Gasteiger partial charge in [0, 0.05) is 5.92 Å². The molecule has 0 N–H and O–H groups in total. The molecule has 5 heteroatoms. The zero-order chi connectivity index (χ0) is 15.6. The van der Waals surface area contributed by atoms with Gasteiger partial charge in [0.05, 0.1) is 11.1 Å². The fraction of sp³-hybridized carbons (Fsp3) is 0.353. The van der Waals surface area contributed by atoms with Gasteiger partial charge in [-0.15, -0.1) is 0 Å². The topological polar surface area (TPSA) is 52.0 Å². The van der Waals surface area contributed by atoms with Gasteiger partial charge >= 0.3 is 0 Å². The fourth-order valence-electron chi connectivity index (χ4n) is 2.58. The number of rotatable bonds is 2. The summed E-state index contributed by atoms with van der Waals surface area (Å²) in [5, 5.41) is 0. The Morgan fingerprint density at radius 1 is 1.18 bits per heavy atom. The predicted molar refractivity (Wildman–Crippen MR) is 84.8 cm³/mol. The van der Waals surface area contributed by atoms with Crippen molar-refractivity contribution in [3.8, 4) is 11.8 Å². The van der Waals surface area contributed by atoms with E-state index in [0.717, 1.165) is 22.4 Å². The molecule has 0 atom stereocenters. The smallest absolute Gasteiger partial charge is 0.229 e. The number of benzene rings is 1. The first kappa shape index (κ1) is 14.9. The van der Waals surface area contributed by atoms with Gasteiger partial charge in [0.25, 0.3) is 10.0 Å². The third-order valence-corrected chi connectivity index (χ3v) is 5.54. The van der Waals surface area contributed by atoms with Crippen molar-refractivity contribution < 1.29 is 8.42 Å². The first-order valence-corrected chi connectivity index (χ1v) is 8.87. The molecule has 0 radical (unpaired) electrons. The van der Waals surface area contributed by atoms with Gasteiger partial charge < -0.3 is 0 Å². The highest BCUT2D eigenvalue weighted by Gasteiger charge is 2.17. The van der Waals surface area contributed by atoms with Crippen molar-refractivity contribution in [2.45, 2.75) is 37.5 Å². The van der Waals surface area contributed by atoms with E-state index in [-0.39, 0.29) is 4.90 Å². The summed E-state index contributed by atoms with van der Waals surface area (Å²) >= 11 is 0. The van der Waals surface area contributed by atoms with Gasteiger partial charge in [0.2, 0.25) is 0 Å². The van der Waals surface area contributed by atoms with Crippen LogP contribution in [0.2, 0.25) is 0 Å². The third kappa shape index (κ3) is 3.07. The van der Waals surface area contributed by atoms with Gasteiger partial charge in [0.1, 0.15) is 12.0 Å². The Bertz CT molecular complexity index is 818. The molecule has 3 rings (SSSR count). The summed E-state index contributed by atoms with van der Waals surface area (Å²) < 4.78 is 26.1. The lowest BCUT2D eigenvalue weighted by Crippen LogP contribution is -2.10. The Morgan fingerprint density at radius 2 is 1.86 bits per heavy atom. The summed E-state index contributed by atoms with van der Waals surface area (Å²) in [4.78, 5) is 4.35. The number of hydrogen-bond donors (Lipinski definition) is 0. The van der Waals surface area contributed by atoms with Crippen LogP contribution >= 0.6 is 0 Å². The second-order valence-corrected chi connectivity index (χ2v) is 7.50. The van der Waals surface area contributed by atoms with Crippen molar-refractivity contribution in [2.75, 3.05) is 0 Å². The van der Waals surface area contributed by atoms with E-state index in [9.17, 15) is 8.42 Å². The molecule has 0 aliphatic heterocycles. The Balaban J connectivity index is 1.84. The van der Waals surface area contributed by atoms with Crippen molar-refractivity contribution in [2.24, 2.45) is 5.92 Å². The van der Waals surface area contributed by atoms with Crippen LogP contribution in [0, 0.1) is 24.7 Å². The lowest BCUT2D eigenvalue weighted by molar-refractivity contribution is 0.587. The molecule has 2 aromatic rings. The second-order valence-electron chi connectivity index (χ2n) is 5.66. The Kier molecular flexibility index (Phi) is 4.04. The first-order valence-electron chi connectivity index (χ1n) is 7.43. The van der Waals surface area contributed by atoms with Gasteiger partial charge in [0.15, 0.2) is 0 Å². The molecule has 0 bridgehead atoms. The summed E-state index contributed by atoms with van der Waals surface area (Å²) in [6.45, 7) is 1.92. The maximum Gasteiger partial charge on any atom is 0.268 e. The summed E-state index contributed by atoms with van der Waals surface area (Å²) in [6.07, 6.45) is 7.53. The Labute approximate surface area is 131 Å². The zero-order valence-electron chi connectivity index (χ0n) is 12.5. The first-order chi connectivity index (χ1) is 10.6. The number of aromatic nitrogens is 2. The van der Waals surface area contributed by atoms with E-state index in [1.165, 1.54) is 25.4 Å². The van der Waals surface area contributed by atoms with Crippen LogP contribution in [-0.4, -0.2) is 17.4 Å². The highest BCUT2D eigenvalue weighted by Crippen LogP contribution is 2.23. The van der Waals surface area contributed by atoms with Crippen molar-refractivity contribution >= 4 is 10.0 Å². The molecule has 1 heterocycles. The molecule has 0 amide bonds. The molecule has 22 heavy (non-hydrogen) atoms. The molecule has 0 saturated heterocycles. The van der Waals surface area contributed by atoms with E-state index in [1.807, 2.05) is 6.92 Å². The van der Waals surface area contributed by atoms with Gasteiger partial charge in [-0.1, -0.05) is 36.5 Å². The molecular formula is C17H18N2O2S. The maximum atomic E-state index is 12.5.